The standard InChI is InChI=1S/C27H41F3N2O4S/c1-3-4-5-13-18-37(35,36)19-14-11-9-7-6-8-10-12-17-26(2,34)25(33)32-23-16-15-22(21-31)24(20-23)27(28,29)30/h15-16,20,34H,3-14,17-19H2,1-2H3,(H,32,33). The Morgan fingerprint density at radius 2 is 1.46 bits per heavy atom. The summed E-state index contributed by atoms with van der Waals surface area (Å²) >= 11 is 0. The first kappa shape index (κ1) is 32.9. The maximum atomic E-state index is 13.1. The number of amides is 1. The van der Waals surface area contributed by atoms with Crippen molar-refractivity contribution in [3.05, 3.63) is 29.3 Å². The van der Waals surface area contributed by atoms with E-state index in [-0.39, 0.29) is 23.6 Å². The van der Waals surface area contributed by atoms with Crippen molar-refractivity contribution < 1.29 is 31.5 Å². The van der Waals surface area contributed by atoms with Crippen molar-refractivity contribution >= 4 is 21.4 Å². The van der Waals surface area contributed by atoms with Gasteiger partial charge in [0.1, 0.15) is 15.4 Å². The quantitative estimate of drug-likeness (QED) is 0.198. The highest BCUT2D eigenvalue weighted by Gasteiger charge is 2.35. The van der Waals surface area contributed by atoms with Gasteiger partial charge < -0.3 is 10.4 Å². The van der Waals surface area contributed by atoms with Crippen LogP contribution in [0.1, 0.15) is 108 Å². The number of halogens is 3. The molecule has 37 heavy (non-hydrogen) atoms. The molecule has 0 heterocycles. The number of rotatable bonds is 18. The summed E-state index contributed by atoms with van der Waals surface area (Å²) in [7, 11) is -2.94. The van der Waals surface area contributed by atoms with Crippen LogP contribution in [-0.4, -0.2) is 36.5 Å². The summed E-state index contributed by atoms with van der Waals surface area (Å²) < 4.78 is 63.4. The fraction of sp³-hybridized carbons (Fsp3) is 0.704. The number of unbranched alkanes of at least 4 members (excludes halogenated alkanes) is 10. The fourth-order valence-corrected chi connectivity index (χ4v) is 5.53. The molecule has 0 aromatic heterocycles. The average Bonchev–Trinajstić information content (AvgIpc) is 2.82. The molecular weight excluding hydrogens is 505 g/mol. The van der Waals surface area contributed by atoms with Crippen molar-refractivity contribution in [2.75, 3.05) is 16.8 Å². The first-order valence-electron chi connectivity index (χ1n) is 13.2. The number of hydrogen-bond donors (Lipinski definition) is 2. The van der Waals surface area contributed by atoms with Gasteiger partial charge in [-0.2, -0.15) is 18.4 Å². The van der Waals surface area contributed by atoms with E-state index in [9.17, 15) is 31.5 Å². The number of hydrogen-bond acceptors (Lipinski definition) is 5. The summed E-state index contributed by atoms with van der Waals surface area (Å²) in [6.45, 7) is 3.42. The number of benzene rings is 1. The van der Waals surface area contributed by atoms with E-state index in [2.05, 4.69) is 12.2 Å². The van der Waals surface area contributed by atoms with Crippen LogP contribution in [-0.2, 0) is 20.8 Å². The Bertz CT molecular complexity index is 986. The van der Waals surface area contributed by atoms with E-state index in [1.54, 1.807) is 0 Å². The van der Waals surface area contributed by atoms with Crippen molar-refractivity contribution in [1.29, 1.82) is 5.26 Å². The molecular formula is C27H41F3N2O4S. The van der Waals surface area contributed by atoms with Gasteiger partial charge in [-0.05, 0) is 44.4 Å². The minimum atomic E-state index is -4.74. The molecule has 1 aromatic carbocycles. The van der Waals surface area contributed by atoms with Crippen LogP contribution in [0.2, 0.25) is 0 Å². The zero-order chi connectivity index (χ0) is 28.0. The first-order chi connectivity index (χ1) is 17.3. The van der Waals surface area contributed by atoms with Crippen LogP contribution in [0, 0.1) is 11.3 Å². The minimum Gasteiger partial charge on any atom is -0.380 e. The lowest BCUT2D eigenvalue weighted by Gasteiger charge is -2.22. The van der Waals surface area contributed by atoms with E-state index in [0.717, 1.165) is 70.3 Å². The number of aliphatic hydroxyl groups is 1. The third-order valence-corrected chi connectivity index (χ3v) is 8.19. The molecule has 1 aromatic rings. The maximum Gasteiger partial charge on any atom is 0.417 e. The second-order valence-electron chi connectivity index (χ2n) is 9.89. The van der Waals surface area contributed by atoms with Crippen LogP contribution < -0.4 is 5.32 Å². The van der Waals surface area contributed by atoms with E-state index >= 15 is 0 Å². The number of alkyl halides is 3. The Morgan fingerprint density at radius 3 is 1.97 bits per heavy atom. The van der Waals surface area contributed by atoms with E-state index in [0.29, 0.717) is 18.9 Å². The fourth-order valence-electron chi connectivity index (χ4n) is 4.04. The van der Waals surface area contributed by atoms with Crippen molar-refractivity contribution in [3.63, 3.8) is 0 Å². The summed E-state index contributed by atoms with van der Waals surface area (Å²) in [5.41, 5.74) is -3.56. The largest absolute Gasteiger partial charge is 0.417 e. The number of sulfone groups is 1. The number of carbonyl (C=O) groups excluding carboxylic acids is 1. The molecule has 0 spiro atoms. The Morgan fingerprint density at radius 1 is 0.946 bits per heavy atom. The molecule has 1 amide bonds. The zero-order valence-corrected chi connectivity index (χ0v) is 22.8. The Balaban J connectivity index is 2.26. The number of nitriles is 1. The summed E-state index contributed by atoms with van der Waals surface area (Å²) in [4.78, 5) is 12.4. The van der Waals surface area contributed by atoms with E-state index < -0.39 is 38.6 Å². The molecule has 0 aliphatic carbocycles. The topological polar surface area (TPSA) is 107 Å². The molecule has 1 atom stereocenters. The molecule has 1 unspecified atom stereocenters. The van der Waals surface area contributed by atoms with Crippen LogP contribution in [0.25, 0.3) is 0 Å². The Labute approximate surface area is 219 Å². The van der Waals surface area contributed by atoms with Crippen molar-refractivity contribution in [2.45, 2.75) is 109 Å². The van der Waals surface area contributed by atoms with Crippen LogP contribution >= 0.6 is 0 Å². The number of nitrogens with one attached hydrogen (secondary N) is 1. The van der Waals surface area contributed by atoms with Crippen molar-refractivity contribution in [3.8, 4) is 6.07 Å². The van der Waals surface area contributed by atoms with Gasteiger partial charge in [-0.1, -0.05) is 71.1 Å². The SMILES string of the molecule is CCCCCCS(=O)(=O)CCCCCCCCCCC(C)(O)C(=O)Nc1ccc(C#N)c(C(F)(F)F)c1. The van der Waals surface area contributed by atoms with Gasteiger partial charge in [0, 0.05) is 5.69 Å². The van der Waals surface area contributed by atoms with Gasteiger partial charge in [-0.25, -0.2) is 8.42 Å². The van der Waals surface area contributed by atoms with Crippen LogP contribution in [0.15, 0.2) is 18.2 Å². The molecule has 1 rings (SSSR count). The molecule has 0 bridgehead atoms. The van der Waals surface area contributed by atoms with Gasteiger partial charge in [0.05, 0.1) is 28.7 Å². The molecule has 10 heteroatoms. The molecule has 6 nitrogen and oxygen atoms in total. The van der Waals surface area contributed by atoms with Gasteiger partial charge >= 0.3 is 6.18 Å². The predicted octanol–water partition coefficient (Wildman–Crippen LogP) is 6.77. The molecule has 0 aliphatic heterocycles. The number of anilines is 1. The normalized spacial score (nSPS) is 13.6. The van der Waals surface area contributed by atoms with Crippen molar-refractivity contribution in [1.82, 2.24) is 0 Å². The zero-order valence-electron chi connectivity index (χ0n) is 22.0. The maximum absolute atomic E-state index is 13.1. The Hall–Kier alpha value is -2.12. The lowest BCUT2D eigenvalue weighted by Crippen LogP contribution is -2.40. The summed E-state index contributed by atoms with van der Waals surface area (Å²) in [5, 5.41) is 21.7. The van der Waals surface area contributed by atoms with Gasteiger partial charge in [-0.15, -0.1) is 0 Å². The number of carbonyl (C=O) groups is 1. The van der Waals surface area contributed by atoms with Crippen LogP contribution in [0.4, 0.5) is 18.9 Å². The smallest absolute Gasteiger partial charge is 0.380 e. The van der Waals surface area contributed by atoms with Gasteiger partial charge in [0.25, 0.3) is 5.91 Å². The predicted molar refractivity (Wildman–Crippen MR) is 140 cm³/mol. The molecule has 0 fully saturated rings. The number of nitrogens with zero attached hydrogens (tertiary/aromatic N) is 1. The minimum absolute atomic E-state index is 0.138. The second-order valence-corrected chi connectivity index (χ2v) is 12.2. The highest BCUT2D eigenvalue weighted by molar-refractivity contribution is 7.91. The summed E-state index contributed by atoms with van der Waals surface area (Å²) in [6, 6.07) is 4.36. The third-order valence-electron chi connectivity index (χ3n) is 6.37. The van der Waals surface area contributed by atoms with Gasteiger partial charge in [-0.3, -0.25) is 4.79 Å². The van der Waals surface area contributed by atoms with Crippen LogP contribution in [0.5, 0.6) is 0 Å². The van der Waals surface area contributed by atoms with Gasteiger partial charge in [0.2, 0.25) is 0 Å². The van der Waals surface area contributed by atoms with E-state index in [1.807, 2.05) is 0 Å². The highest BCUT2D eigenvalue weighted by atomic mass is 32.2. The molecule has 0 saturated heterocycles. The Kier molecular flexibility index (Phi) is 14.2. The van der Waals surface area contributed by atoms with Crippen LogP contribution in [0.3, 0.4) is 0 Å². The lowest BCUT2D eigenvalue weighted by molar-refractivity contribution is -0.138. The molecule has 2 N–H and O–H groups in total. The third kappa shape index (κ3) is 13.3. The highest BCUT2D eigenvalue weighted by Crippen LogP contribution is 2.33. The average molecular weight is 547 g/mol. The van der Waals surface area contributed by atoms with E-state index in [4.69, 9.17) is 5.26 Å². The monoisotopic (exact) mass is 546 g/mol. The second kappa shape index (κ2) is 16.0. The first-order valence-corrected chi connectivity index (χ1v) is 15.0. The molecule has 0 aliphatic rings. The molecule has 210 valence electrons. The van der Waals surface area contributed by atoms with Crippen molar-refractivity contribution in [2.24, 2.45) is 0 Å². The molecule has 0 radical (unpaired) electrons. The summed E-state index contributed by atoms with van der Waals surface area (Å²) in [5.74, 6) is -0.252. The lowest BCUT2D eigenvalue weighted by atomic mass is 9.96. The summed E-state index contributed by atoms with van der Waals surface area (Å²) in [6.07, 6.45) is 6.11. The molecule has 0 saturated carbocycles. The van der Waals surface area contributed by atoms with Gasteiger partial charge in [0.15, 0.2) is 0 Å². The van der Waals surface area contributed by atoms with E-state index in [1.165, 1.54) is 19.1 Å².